The Labute approximate surface area is 190 Å². The first-order chi connectivity index (χ1) is 16.2. The van der Waals surface area contributed by atoms with Crippen LogP contribution in [0.1, 0.15) is 0 Å². The van der Waals surface area contributed by atoms with Crippen LogP contribution in [-0.2, 0) is 4.79 Å². The summed E-state index contributed by atoms with van der Waals surface area (Å²) in [6.07, 6.45) is 0. The molecule has 0 unspecified atom stereocenters. The molecule has 33 heavy (non-hydrogen) atoms. The van der Waals surface area contributed by atoms with Crippen molar-refractivity contribution in [3.8, 4) is 34.5 Å². The fraction of sp³-hybridized carbons (Fsp3) is 0.217. The third-order valence-corrected chi connectivity index (χ3v) is 4.69. The Hall–Kier alpha value is -4.34. The molecule has 4 rings (SSSR count). The van der Waals surface area contributed by atoms with Crippen molar-refractivity contribution in [1.29, 1.82) is 0 Å². The Morgan fingerprint density at radius 2 is 1.70 bits per heavy atom. The predicted molar refractivity (Wildman–Crippen MR) is 120 cm³/mol. The molecule has 0 bridgehead atoms. The predicted octanol–water partition coefficient (Wildman–Crippen LogP) is 2.38. The second kappa shape index (κ2) is 10.3. The standard InChI is InChI=1S/C23H23N5O5/c1-30-17-9-7-16(8-10-17)23-26-25-20-11-12-22(27-28(20)23)32-14-13-24-21(29)15-33-19-6-4-3-5-18(19)31-2/h3-12H,13-15H2,1-2H3,(H,24,29). The summed E-state index contributed by atoms with van der Waals surface area (Å²) >= 11 is 0. The highest BCUT2D eigenvalue weighted by Crippen LogP contribution is 2.25. The van der Waals surface area contributed by atoms with Crippen LogP contribution in [-0.4, -0.2) is 59.7 Å². The molecule has 0 saturated carbocycles. The van der Waals surface area contributed by atoms with Gasteiger partial charge in [-0.25, -0.2) is 0 Å². The number of hydrogen-bond acceptors (Lipinski definition) is 8. The van der Waals surface area contributed by atoms with Gasteiger partial charge in [-0.2, -0.15) is 4.52 Å². The van der Waals surface area contributed by atoms with Gasteiger partial charge in [0, 0.05) is 11.6 Å². The third-order valence-electron chi connectivity index (χ3n) is 4.69. The largest absolute Gasteiger partial charge is 0.497 e. The van der Waals surface area contributed by atoms with E-state index in [1.54, 1.807) is 43.0 Å². The Kier molecular flexibility index (Phi) is 6.84. The van der Waals surface area contributed by atoms with Gasteiger partial charge < -0.3 is 24.3 Å². The fourth-order valence-corrected chi connectivity index (χ4v) is 3.05. The molecule has 0 saturated heterocycles. The monoisotopic (exact) mass is 449 g/mol. The molecular formula is C23H23N5O5. The Bertz CT molecular complexity index is 1230. The molecule has 2 heterocycles. The maximum absolute atomic E-state index is 12.0. The molecule has 170 valence electrons. The van der Waals surface area contributed by atoms with Crippen LogP contribution in [0.3, 0.4) is 0 Å². The molecule has 1 N–H and O–H groups in total. The zero-order valence-electron chi connectivity index (χ0n) is 18.2. The van der Waals surface area contributed by atoms with Gasteiger partial charge in [0.2, 0.25) is 5.88 Å². The number of nitrogens with one attached hydrogen (secondary N) is 1. The number of amides is 1. The van der Waals surface area contributed by atoms with Gasteiger partial charge in [-0.1, -0.05) is 12.1 Å². The van der Waals surface area contributed by atoms with Crippen LogP contribution in [0.15, 0.2) is 60.7 Å². The lowest BCUT2D eigenvalue weighted by Crippen LogP contribution is -2.32. The highest BCUT2D eigenvalue weighted by Gasteiger charge is 2.11. The summed E-state index contributed by atoms with van der Waals surface area (Å²) in [5, 5.41) is 15.5. The molecule has 0 aliphatic heterocycles. The lowest BCUT2D eigenvalue weighted by molar-refractivity contribution is -0.123. The second-order valence-corrected chi connectivity index (χ2v) is 6.83. The van der Waals surface area contributed by atoms with Crippen molar-refractivity contribution in [3.05, 3.63) is 60.7 Å². The Morgan fingerprint density at radius 3 is 2.45 bits per heavy atom. The number of benzene rings is 2. The minimum absolute atomic E-state index is 0.128. The second-order valence-electron chi connectivity index (χ2n) is 6.83. The maximum atomic E-state index is 12.0. The molecule has 10 nitrogen and oxygen atoms in total. The normalized spacial score (nSPS) is 10.6. The van der Waals surface area contributed by atoms with Gasteiger partial charge in [0.15, 0.2) is 29.6 Å². The van der Waals surface area contributed by atoms with Gasteiger partial charge in [0.05, 0.1) is 20.8 Å². The fourth-order valence-electron chi connectivity index (χ4n) is 3.05. The number of aromatic nitrogens is 4. The number of ether oxygens (including phenoxy) is 4. The van der Waals surface area contributed by atoms with Crippen molar-refractivity contribution < 1.29 is 23.7 Å². The van der Waals surface area contributed by atoms with Gasteiger partial charge in [0.25, 0.3) is 5.91 Å². The Balaban J connectivity index is 1.30. The van der Waals surface area contributed by atoms with Gasteiger partial charge >= 0.3 is 0 Å². The van der Waals surface area contributed by atoms with Crippen molar-refractivity contribution in [1.82, 2.24) is 25.1 Å². The van der Waals surface area contributed by atoms with Crippen LogP contribution >= 0.6 is 0 Å². The minimum atomic E-state index is -0.270. The first kappa shape index (κ1) is 21.9. The number of nitrogens with zero attached hydrogens (tertiary/aromatic N) is 4. The lowest BCUT2D eigenvalue weighted by Gasteiger charge is -2.11. The SMILES string of the molecule is COc1ccc(-c2nnc3ccc(OCCNC(=O)COc4ccccc4OC)nn23)cc1. The number of para-hydroxylation sites is 2. The first-order valence-electron chi connectivity index (χ1n) is 10.2. The van der Waals surface area contributed by atoms with Crippen LogP contribution in [0.2, 0.25) is 0 Å². The van der Waals surface area contributed by atoms with E-state index in [0.29, 0.717) is 35.4 Å². The molecule has 0 fully saturated rings. The third kappa shape index (κ3) is 5.29. The molecule has 10 heteroatoms. The number of fused-ring (bicyclic) bond motifs is 1. The molecule has 1 amide bonds. The van der Waals surface area contributed by atoms with Crippen LogP contribution in [0.5, 0.6) is 23.1 Å². The topological polar surface area (TPSA) is 109 Å². The Morgan fingerprint density at radius 1 is 0.909 bits per heavy atom. The van der Waals surface area contributed by atoms with E-state index < -0.39 is 0 Å². The summed E-state index contributed by atoms with van der Waals surface area (Å²) < 4.78 is 23.2. The summed E-state index contributed by atoms with van der Waals surface area (Å²) in [5.41, 5.74) is 1.44. The van der Waals surface area contributed by atoms with Crippen molar-refractivity contribution in [2.75, 3.05) is 34.0 Å². The van der Waals surface area contributed by atoms with E-state index in [2.05, 4.69) is 20.6 Å². The molecule has 0 atom stereocenters. The summed E-state index contributed by atoms with van der Waals surface area (Å²) in [6, 6.07) is 18.1. The molecule has 0 aliphatic carbocycles. The van der Waals surface area contributed by atoms with E-state index in [9.17, 15) is 4.79 Å². The summed E-state index contributed by atoms with van der Waals surface area (Å²) in [5.74, 6) is 2.52. The smallest absolute Gasteiger partial charge is 0.258 e. The zero-order valence-corrected chi connectivity index (χ0v) is 18.2. The van der Waals surface area contributed by atoms with E-state index in [1.807, 2.05) is 36.4 Å². The van der Waals surface area contributed by atoms with E-state index in [0.717, 1.165) is 11.3 Å². The highest BCUT2D eigenvalue weighted by atomic mass is 16.5. The van der Waals surface area contributed by atoms with Crippen molar-refractivity contribution >= 4 is 11.6 Å². The average Bonchev–Trinajstić information content (AvgIpc) is 3.29. The average molecular weight is 449 g/mol. The first-order valence-corrected chi connectivity index (χ1v) is 10.2. The van der Waals surface area contributed by atoms with E-state index in [4.69, 9.17) is 18.9 Å². The summed E-state index contributed by atoms with van der Waals surface area (Å²) in [6.45, 7) is 0.400. The maximum Gasteiger partial charge on any atom is 0.258 e. The summed E-state index contributed by atoms with van der Waals surface area (Å²) in [4.78, 5) is 12.0. The zero-order chi connectivity index (χ0) is 23.0. The number of rotatable bonds is 10. The van der Waals surface area contributed by atoms with Crippen molar-refractivity contribution in [3.63, 3.8) is 0 Å². The van der Waals surface area contributed by atoms with Gasteiger partial charge in [0.1, 0.15) is 12.4 Å². The van der Waals surface area contributed by atoms with Crippen LogP contribution in [0.25, 0.3) is 17.0 Å². The number of carbonyl (C=O) groups excluding carboxylic acids is 1. The van der Waals surface area contributed by atoms with E-state index in [-0.39, 0.29) is 19.1 Å². The van der Waals surface area contributed by atoms with Crippen molar-refractivity contribution in [2.45, 2.75) is 0 Å². The van der Waals surface area contributed by atoms with Gasteiger partial charge in [-0.15, -0.1) is 15.3 Å². The number of methoxy groups -OCH3 is 2. The summed E-state index contributed by atoms with van der Waals surface area (Å²) in [7, 11) is 3.16. The molecule has 0 radical (unpaired) electrons. The highest BCUT2D eigenvalue weighted by molar-refractivity contribution is 5.77. The number of carbonyl (C=O) groups is 1. The molecule has 2 aromatic carbocycles. The molecular weight excluding hydrogens is 426 g/mol. The molecule has 2 aromatic heterocycles. The number of hydrogen-bond donors (Lipinski definition) is 1. The van der Waals surface area contributed by atoms with Crippen molar-refractivity contribution in [2.24, 2.45) is 0 Å². The molecule has 4 aromatic rings. The quantitative estimate of drug-likeness (QED) is 0.368. The van der Waals surface area contributed by atoms with E-state index >= 15 is 0 Å². The van der Waals surface area contributed by atoms with Gasteiger partial charge in [-0.05, 0) is 42.5 Å². The van der Waals surface area contributed by atoms with Crippen LogP contribution < -0.4 is 24.3 Å². The van der Waals surface area contributed by atoms with Crippen LogP contribution in [0, 0.1) is 0 Å². The minimum Gasteiger partial charge on any atom is -0.497 e. The lowest BCUT2D eigenvalue weighted by atomic mass is 10.2. The van der Waals surface area contributed by atoms with E-state index in [1.165, 1.54) is 0 Å². The molecule has 0 aliphatic rings. The molecule has 0 spiro atoms. The van der Waals surface area contributed by atoms with Crippen LogP contribution in [0.4, 0.5) is 0 Å². The van der Waals surface area contributed by atoms with Gasteiger partial charge in [-0.3, -0.25) is 4.79 Å².